The van der Waals surface area contributed by atoms with Crippen LogP contribution in [0.2, 0.25) is 0 Å². The largest absolute Gasteiger partial charge is 0.481 e. The molecule has 2 N–H and O–H groups in total. The summed E-state index contributed by atoms with van der Waals surface area (Å²) >= 11 is 1.63. The average molecular weight is 241 g/mol. The molecule has 5 nitrogen and oxygen atoms in total. The molecule has 1 aromatic rings. The zero-order valence-corrected chi connectivity index (χ0v) is 10.00. The second kappa shape index (κ2) is 5.36. The van der Waals surface area contributed by atoms with Gasteiger partial charge < -0.3 is 15.2 Å². The summed E-state index contributed by atoms with van der Waals surface area (Å²) in [4.78, 5) is 8.07. The van der Waals surface area contributed by atoms with Crippen molar-refractivity contribution in [2.75, 3.05) is 25.2 Å². The van der Waals surface area contributed by atoms with Crippen LogP contribution in [0.15, 0.2) is 11.1 Å². The minimum absolute atomic E-state index is 0.245. The van der Waals surface area contributed by atoms with Gasteiger partial charge >= 0.3 is 0 Å². The van der Waals surface area contributed by atoms with E-state index in [1.54, 1.807) is 24.9 Å². The quantitative estimate of drug-likeness (QED) is 0.633. The Hall–Kier alpha value is -1.01. The summed E-state index contributed by atoms with van der Waals surface area (Å²) in [5.74, 6) is 1.65. The normalized spacial score (nSPS) is 19.9. The molecule has 0 aromatic carbocycles. The number of nitrogens with two attached hydrogens (primary N) is 1. The third-order valence-corrected chi connectivity index (χ3v) is 3.39. The van der Waals surface area contributed by atoms with Crippen molar-refractivity contribution < 1.29 is 9.47 Å². The maximum absolute atomic E-state index is 5.57. The number of methoxy groups -OCH3 is 1. The van der Waals surface area contributed by atoms with Gasteiger partial charge in [0.15, 0.2) is 0 Å². The lowest BCUT2D eigenvalue weighted by Gasteiger charge is -2.08. The van der Waals surface area contributed by atoms with Crippen molar-refractivity contribution >= 4 is 17.7 Å². The predicted octanol–water partition coefficient (Wildman–Crippen LogP) is 1.34. The molecule has 16 heavy (non-hydrogen) atoms. The van der Waals surface area contributed by atoms with Crippen molar-refractivity contribution in [2.45, 2.75) is 24.0 Å². The standard InChI is InChI=1S/C10H15N3O2S/c1-14-8-5-9(13-10(11)12-8)16-6-7-3-2-4-15-7/h5,7H,2-4,6H2,1H3,(H2,11,12,13). The van der Waals surface area contributed by atoms with Crippen molar-refractivity contribution in [1.29, 1.82) is 0 Å². The van der Waals surface area contributed by atoms with Gasteiger partial charge in [0.05, 0.1) is 13.2 Å². The number of nitrogens with zero attached hydrogens (tertiary/aromatic N) is 2. The van der Waals surface area contributed by atoms with E-state index in [-0.39, 0.29) is 5.95 Å². The second-order valence-corrected chi connectivity index (χ2v) is 4.59. The fourth-order valence-electron chi connectivity index (χ4n) is 1.55. The SMILES string of the molecule is COc1cc(SCC2CCCO2)nc(N)n1. The summed E-state index contributed by atoms with van der Waals surface area (Å²) in [5, 5.41) is 0.833. The fourth-order valence-corrected chi connectivity index (χ4v) is 2.52. The van der Waals surface area contributed by atoms with Crippen LogP contribution in [0, 0.1) is 0 Å². The number of hydrogen-bond acceptors (Lipinski definition) is 6. The van der Waals surface area contributed by atoms with Gasteiger partial charge in [-0.3, -0.25) is 0 Å². The molecule has 1 fully saturated rings. The molecule has 0 bridgehead atoms. The Morgan fingerprint density at radius 1 is 1.62 bits per heavy atom. The molecule has 0 amide bonds. The summed E-state index contributed by atoms with van der Waals surface area (Å²) in [6.07, 6.45) is 2.62. The summed E-state index contributed by atoms with van der Waals surface area (Å²) < 4.78 is 10.6. The van der Waals surface area contributed by atoms with Crippen LogP contribution in [0.25, 0.3) is 0 Å². The second-order valence-electron chi connectivity index (χ2n) is 3.55. The van der Waals surface area contributed by atoms with Crippen LogP contribution in [-0.4, -0.2) is 35.5 Å². The highest BCUT2D eigenvalue weighted by Gasteiger charge is 2.16. The third kappa shape index (κ3) is 2.99. The van der Waals surface area contributed by atoms with Gasteiger partial charge in [-0.05, 0) is 12.8 Å². The molecule has 0 spiro atoms. The van der Waals surface area contributed by atoms with Crippen molar-refractivity contribution in [3.05, 3.63) is 6.07 Å². The lowest BCUT2D eigenvalue weighted by molar-refractivity contribution is 0.129. The van der Waals surface area contributed by atoms with Crippen LogP contribution in [-0.2, 0) is 4.74 Å². The molecule has 6 heteroatoms. The summed E-state index contributed by atoms with van der Waals surface area (Å²) in [6.45, 7) is 0.875. The van der Waals surface area contributed by atoms with Crippen molar-refractivity contribution in [3.63, 3.8) is 0 Å². The summed E-state index contributed by atoms with van der Waals surface area (Å²) in [7, 11) is 1.57. The molecule has 1 saturated heterocycles. The Morgan fingerprint density at radius 2 is 2.50 bits per heavy atom. The Labute approximate surface area is 98.7 Å². The minimum Gasteiger partial charge on any atom is -0.481 e. The van der Waals surface area contributed by atoms with Crippen LogP contribution in [0.5, 0.6) is 5.88 Å². The lowest BCUT2D eigenvalue weighted by atomic mass is 10.3. The third-order valence-electron chi connectivity index (χ3n) is 2.35. The van der Waals surface area contributed by atoms with Crippen LogP contribution in [0.1, 0.15) is 12.8 Å². The molecule has 1 aromatic heterocycles. The molecule has 0 radical (unpaired) electrons. The van der Waals surface area contributed by atoms with E-state index in [4.69, 9.17) is 15.2 Å². The number of ether oxygens (including phenoxy) is 2. The van der Waals surface area contributed by atoms with Crippen LogP contribution in [0.3, 0.4) is 0 Å². The molecule has 88 valence electrons. The van der Waals surface area contributed by atoms with Gasteiger partial charge in [0.2, 0.25) is 11.8 Å². The Bertz CT molecular complexity index is 356. The Balaban J connectivity index is 1.94. The molecule has 0 saturated carbocycles. The summed E-state index contributed by atoms with van der Waals surface area (Å²) in [5.41, 5.74) is 5.57. The van der Waals surface area contributed by atoms with E-state index in [0.717, 1.165) is 30.2 Å². The molecular formula is C10H15N3O2S. The molecular weight excluding hydrogens is 226 g/mol. The van der Waals surface area contributed by atoms with Gasteiger partial charge in [0.25, 0.3) is 0 Å². The smallest absolute Gasteiger partial charge is 0.224 e. The van der Waals surface area contributed by atoms with Gasteiger partial charge in [0.1, 0.15) is 5.03 Å². The first kappa shape index (κ1) is 11.5. The Kier molecular flexibility index (Phi) is 3.84. The van der Waals surface area contributed by atoms with Gasteiger partial charge in [0, 0.05) is 18.4 Å². The number of hydrogen-bond donors (Lipinski definition) is 1. The molecule has 2 rings (SSSR count). The predicted molar refractivity (Wildman–Crippen MR) is 62.7 cm³/mol. The fraction of sp³-hybridized carbons (Fsp3) is 0.600. The van der Waals surface area contributed by atoms with Crippen molar-refractivity contribution in [1.82, 2.24) is 9.97 Å². The number of anilines is 1. The number of rotatable bonds is 4. The number of aromatic nitrogens is 2. The highest BCUT2D eigenvalue weighted by molar-refractivity contribution is 7.99. The highest BCUT2D eigenvalue weighted by atomic mass is 32.2. The molecule has 1 unspecified atom stereocenters. The summed E-state index contributed by atoms with van der Waals surface area (Å²) in [6, 6.07) is 1.79. The highest BCUT2D eigenvalue weighted by Crippen LogP contribution is 2.24. The molecule has 1 aliphatic heterocycles. The van der Waals surface area contributed by atoms with Gasteiger partial charge in [-0.2, -0.15) is 4.98 Å². The minimum atomic E-state index is 0.245. The number of nitrogen functional groups attached to an aromatic ring is 1. The van der Waals surface area contributed by atoms with Crippen molar-refractivity contribution in [2.24, 2.45) is 0 Å². The van der Waals surface area contributed by atoms with E-state index >= 15 is 0 Å². The van der Waals surface area contributed by atoms with E-state index in [2.05, 4.69) is 9.97 Å². The van der Waals surface area contributed by atoms with Crippen molar-refractivity contribution in [3.8, 4) is 5.88 Å². The Morgan fingerprint density at radius 3 is 3.19 bits per heavy atom. The van der Waals surface area contributed by atoms with E-state index in [9.17, 15) is 0 Å². The molecule has 0 aliphatic carbocycles. The van der Waals surface area contributed by atoms with Gasteiger partial charge in [-0.25, -0.2) is 4.98 Å². The van der Waals surface area contributed by atoms with Crippen LogP contribution < -0.4 is 10.5 Å². The van der Waals surface area contributed by atoms with E-state index in [1.165, 1.54) is 0 Å². The maximum atomic E-state index is 5.57. The first-order chi connectivity index (χ1) is 7.78. The number of thioether (sulfide) groups is 1. The lowest BCUT2D eigenvalue weighted by Crippen LogP contribution is -2.08. The van der Waals surface area contributed by atoms with Gasteiger partial charge in [-0.15, -0.1) is 11.8 Å². The first-order valence-corrected chi connectivity index (χ1v) is 6.19. The van der Waals surface area contributed by atoms with Crippen LogP contribution >= 0.6 is 11.8 Å². The first-order valence-electron chi connectivity index (χ1n) is 5.21. The van der Waals surface area contributed by atoms with E-state index in [0.29, 0.717) is 12.0 Å². The zero-order chi connectivity index (χ0) is 11.4. The maximum Gasteiger partial charge on any atom is 0.224 e. The zero-order valence-electron chi connectivity index (χ0n) is 9.18. The molecule has 2 heterocycles. The molecule has 1 atom stereocenters. The van der Waals surface area contributed by atoms with Crippen LogP contribution in [0.4, 0.5) is 5.95 Å². The van der Waals surface area contributed by atoms with E-state index < -0.39 is 0 Å². The van der Waals surface area contributed by atoms with E-state index in [1.807, 2.05) is 0 Å². The van der Waals surface area contributed by atoms with Gasteiger partial charge in [-0.1, -0.05) is 0 Å². The molecule has 1 aliphatic rings. The topological polar surface area (TPSA) is 70.3 Å². The average Bonchev–Trinajstić information content (AvgIpc) is 2.78. The monoisotopic (exact) mass is 241 g/mol.